The minimum atomic E-state index is -4.47. The zero-order chi connectivity index (χ0) is 26.0. The van der Waals surface area contributed by atoms with Gasteiger partial charge in [0.1, 0.15) is 11.9 Å². The first-order valence-corrected chi connectivity index (χ1v) is 11.5. The van der Waals surface area contributed by atoms with E-state index >= 15 is 0 Å². The molecule has 3 N–H and O–H groups in total. The molecule has 1 amide bonds. The van der Waals surface area contributed by atoms with Crippen LogP contribution in [0.25, 0.3) is 21.3 Å². The van der Waals surface area contributed by atoms with Gasteiger partial charge in [0.05, 0.1) is 21.5 Å². The summed E-state index contributed by atoms with van der Waals surface area (Å²) in [5.74, 6) is -2.25. The molecule has 0 spiro atoms. The summed E-state index contributed by atoms with van der Waals surface area (Å²) >= 11 is 0.980. The molecule has 1 atom stereocenters. The maximum absolute atomic E-state index is 14.8. The number of alkyl halides is 3. The molecule has 186 valence electrons. The minimum absolute atomic E-state index is 0.101. The highest BCUT2D eigenvalue weighted by Crippen LogP contribution is 2.35. The van der Waals surface area contributed by atoms with Crippen LogP contribution in [-0.4, -0.2) is 28.0 Å². The van der Waals surface area contributed by atoms with Crippen LogP contribution in [0, 0.1) is 5.82 Å². The second-order valence-corrected chi connectivity index (χ2v) is 8.90. The largest absolute Gasteiger partial charge is 0.480 e. The highest BCUT2D eigenvalue weighted by atomic mass is 32.1. The lowest BCUT2D eigenvalue weighted by molar-refractivity contribution is -0.139. The van der Waals surface area contributed by atoms with Gasteiger partial charge in [0.15, 0.2) is 5.13 Å². The molecule has 6 nitrogen and oxygen atoms in total. The van der Waals surface area contributed by atoms with Crippen molar-refractivity contribution in [1.29, 1.82) is 0 Å². The van der Waals surface area contributed by atoms with Gasteiger partial charge in [-0.2, -0.15) is 13.2 Å². The third kappa shape index (κ3) is 5.46. The number of hydrogen-bond acceptors (Lipinski definition) is 5. The first-order chi connectivity index (χ1) is 17.0. The number of halogens is 4. The molecule has 0 saturated carbocycles. The van der Waals surface area contributed by atoms with E-state index in [9.17, 15) is 27.2 Å². The Labute approximate surface area is 206 Å². The lowest BCUT2D eigenvalue weighted by atomic mass is 10.0. The smallest absolute Gasteiger partial charge is 0.416 e. The van der Waals surface area contributed by atoms with E-state index < -0.39 is 35.5 Å². The molecular weight excluding hydrogens is 498 g/mol. The molecule has 0 fully saturated rings. The van der Waals surface area contributed by atoms with Crippen LogP contribution in [0.15, 0.2) is 60.7 Å². The van der Waals surface area contributed by atoms with Gasteiger partial charge in [0.2, 0.25) is 0 Å². The average Bonchev–Trinajstić information content (AvgIpc) is 3.24. The predicted molar refractivity (Wildman–Crippen MR) is 129 cm³/mol. The Hall–Kier alpha value is -3.99. The Bertz CT molecular complexity index is 1440. The summed E-state index contributed by atoms with van der Waals surface area (Å²) in [6, 6.07) is 12.9. The highest BCUT2D eigenvalue weighted by Gasteiger charge is 2.30. The van der Waals surface area contributed by atoms with Crippen molar-refractivity contribution >= 4 is 44.2 Å². The number of fused-ring (bicyclic) bond motifs is 1. The number of hydrogen-bond donors (Lipinski definition) is 3. The number of aromatic nitrogens is 1. The van der Waals surface area contributed by atoms with Crippen molar-refractivity contribution in [2.24, 2.45) is 0 Å². The molecule has 11 heteroatoms. The maximum atomic E-state index is 14.8. The third-order valence-corrected chi connectivity index (χ3v) is 6.35. The quantitative estimate of drug-likeness (QED) is 0.245. The van der Waals surface area contributed by atoms with E-state index in [1.165, 1.54) is 30.3 Å². The van der Waals surface area contributed by atoms with Crippen LogP contribution in [0.1, 0.15) is 29.3 Å². The van der Waals surface area contributed by atoms with Crippen molar-refractivity contribution in [3.63, 3.8) is 0 Å². The number of rotatable bonds is 7. The van der Waals surface area contributed by atoms with Crippen LogP contribution in [0.2, 0.25) is 0 Å². The molecule has 0 saturated heterocycles. The number of amides is 1. The Morgan fingerprint density at radius 3 is 2.33 bits per heavy atom. The van der Waals surface area contributed by atoms with E-state index in [0.29, 0.717) is 21.3 Å². The molecular formula is C25H19F4N3O3S. The van der Waals surface area contributed by atoms with Gasteiger partial charge in [-0.05, 0) is 60.0 Å². The number of thiazole rings is 1. The van der Waals surface area contributed by atoms with Crippen LogP contribution in [0.4, 0.5) is 28.4 Å². The van der Waals surface area contributed by atoms with Gasteiger partial charge in [-0.25, -0.2) is 14.2 Å². The van der Waals surface area contributed by atoms with E-state index in [0.717, 1.165) is 23.5 Å². The molecule has 1 aromatic heterocycles. The van der Waals surface area contributed by atoms with Crippen LogP contribution < -0.4 is 10.6 Å². The molecule has 0 aliphatic heterocycles. The number of carboxylic acid groups (broad SMARTS) is 1. The van der Waals surface area contributed by atoms with E-state index in [-0.39, 0.29) is 22.8 Å². The van der Waals surface area contributed by atoms with Gasteiger partial charge < -0.3 is 15.7 Å². The fourth-order valence-corrected chi connectivity index (χ4v) is 4.38. The third-order valence-electron chi connectivity index (χ3n) is 5.42. The normalized spacial score (nSPS) is 12.4. The number of aliphatic carboxylic acids is 1. The highest BCUT2D eigenvalue weighted by molar-refractivity contribution is 7.22. The molecule has 0 radical (unpaired) electrons. The molecule has 36 heavy (non-hydrogen) atoms. The van der Waals surface area contributed by atoms with Gasteiger partial charge in [0.25, 0.3) is 5.91 Å². The number of benzene rings is 3. The van der Waals surface area contributed by atoms with Gasteiger partial charge in [0, 0.05) is 5.56 Å². The summed E-state index contributed by atoms with van der Waals surface area (Å²) in [5, 5.41) is 14.6. The summed E-state index contributed by atoms with van der Waals surface area (Å²) in [7, 11) is 0. The topological polar surface area (TPSA) is 91.3 Å². The summed E-state index contributed by atoms with van der Waals surface area (Å²) < 4.78 is 53.9. The number of carbonyl (C=O) groups excluding carboxylic acids is 1. The molecule has 0 aliphatic carbocycles. The first kappa shape index (κ1) is 25.1. The second-order valence-electron chi connectivity index (χ2n) is 7.87. The molecule has 4 rings (SSSR count). The molecule has 1 heterocycles. The monoisotopic (exact) mass is 517 g/mol. The molecule has 1 unspecified atom stereocenters. The fourth-order valence-electron chi connectivity index (χ4n) is 3.46. The van der Waals surface area contributed by atoms with Gasteiger partial charge in [-0.15, -0.1) is 0 Å². The van der Waals surface area contributed by atoms with Crippen molar-refractivity contribution < 1.29 is 32.3 Å². The number of anilines is 2. The standard InChI is InChI=1S/C25H19F4N3O3S/c1-2-18(23(34)35)30-22(33)14-5-3-13(4-6-14)15-7-9-19(17(26)11-15)31-24-32-20-10-8-16(25(27,28)29)12-21(20)36-24/h3-12,18H,2H2,1H3,(H,30,33)(H,31,32)(H,34,35). The van der Waals surface area contributed by atoms with Crippen molar-refractivity contribution in [2.75, 3.05) is 5.32 Å². The number of nitrogens with zero attached hydrogens (tertiary/aromatic N) is 1. The fraction of sp³-hybridized carbons (Fsp3) is 0.160. The van der Waals surface area contributed by atoms with Crippen LogP contribution in [-0.2, 0) is 11.0 Å². The van der Waals surface area contributed by atoms with Crippen molar-refractivity contribution in [1.82, 2.24) is 10.3 Å². The van der Waals surface area contributed by atoms with Crippen LogP contribution in [0.5, 0.6) is 0 Å². The van der Waals surface area contributed by atoms with Crippen LogP contribution >= 0.6 is 11.3 Å². The van der Waals surface area contributed by atoms with E-state index in [4.69, 9.17) is 5.11 Å². The zero-order valence-electron chi connectivity index (χ0n) is 18.7. The second kappa shape index (κ2) is 9.94. The molecule has 4 aromatic rings. The van der Waals surface area contributed by atoms with E-state index in [2.05, 4.69) is 15.6 Å². The Morgan fingerprint density at radius 1 is 1.03 bits per heavy atom. The Balaban J connectivity index is 1.49. The van der Waals surface area contributed by atoms with E-state index in [1.807, 2.05) is 0 Å². The summed E-state index contributed by atoms with van der Waals surface area (Å²) in [5.41, 5.74) is 1.11. The first-order valence-electron chi connectivity index (χ1n) is 10.7. The number of carboxylic acids is 1. The summed E-state index contributed by atoms with van der Waals surface area (Å²) in [6.07, 6.45) is -4.23. The summed E-state index contributed by atoms with van der Waals surface area (Å²) in [4.78, 5) is 27.6. The van der Waals surface area contributed by atoms with Crippen LogP contribution in [0.3, 0.4) is 0 Å². The van der Waals surface area contributed by atoms with Gasteiger partial charge in [-0.3, -0.25) is 4.79 Å². The predicted octanol–water partition coefficient (Wildman–Crippen LogP) is 6.46. The van der Waals surface area contributed by atoms with Crippen molar-refractivity contribution in [2.45, 2.75) is 25.6 Å². The van der Waals surface area contributed by atoms with Gasteiger partial charge >= 0.3 is 12.1 Å². The maximum Gasteiger partial charge on any atom is 0.416 e. The summed E-state index contributed by atoms with van der Waals surface area (Å²) in [6.45, 7) is 1.65. The van der Waals surface area contributed by atoms with Gasteiger partial charge in [-0.1, -0.05) is 36.5 Å². The molecule has 0 bridgehead atoms. The molecule has 3 aromatic carbocycles. The van der Waals surface area contributed by atoms with E-state index in [1.54, 1.807) is 25.1 Å². The SMILES string of the molecule is CCC(NC(=O)c1ccc(-c2ccc(Nc3nc4ccc(C(F)(F)F)cc4s3)c(F)c2)cc1)C(=O)O. The zero-order valence-corrected chi connectivity index (χ0v) is 19.5. The number of carbonyl (C=O) groups is 2. The minimum Gasteiger partial charge on any atom is -0.480 e. The number of nitrogens with one attached hydrogen (secondary N) is 2. The van der Waals surface area contributed by atoms with Crippen molar-refractivity contribution in [3.8, 4) is 11.1 Å². The average molecular weight is 518 g/mol. The molecule has 0 aliphatic rings. The Morgan fingerprint density at radius 2 is 1.72 bits per heavy atom. The lowest BCUT2D eigenvalue weighted by Crippen LogP contribution is -2.40. The lowest BCUT2D eigenvalue weighted by Gasteiger charge is -2.12. The Kier molecular flexibility index (Phi) is 6.93. The van der Waals surface area contributed by atoms with Crippen molar-refractivity contribution in [3.05, 3.63) is 77.6 Å².